The lowest BCUT2D eigenvalue weighted by Crippen LogP contribution is -2.40. The van der Waals surface area contributed by atoms with E-state index in [0.29, 0.717) is 0 Å². The van der Waals surface area contributed by atoms with Crippen LogP contribution in [0.2, 0.25) is 0 Å². The lowest BCUT2D eigenvalue weighted by molar-refractivity contribution is -0.137. The van der Waals surface area contributed by atoms with E-state index in [9.17, 15) is 9.59 Å². The van der Waals surface area contributed by atoms with Gasteiger partial charge in [0.2, 0.25) is 0 Å². The van der Waals surface area contributed by atoms with Gasteiger partial charge in [0.1, 0.15) is 5.60 Å². The van der Waals surface area contributed by atoms with Gasteiger partial charge in [0, 0.05) is 23.9 Å². The molecule has 0 aromatic heterocycles. The maximum Gasteiger partial charge on any atom is 0.407 e. The molecule has 0 aromatic carbocycles. The number of carbonyl (C=O) groups is 2. The van der Waals surface area contributed by atoms with Crippen molar-refractivity contribution in [2.45, 2.75) is 45.3 Å². The Hall–Kier alpha value is -1.95. The van der Waals surface area contributed by atoms with Gasteiger partial charge in [0.05, 0.1) is 0 Å². The number of hydrogen-bond donors (Lipinski definition) is 2. The smallest absolute Gasteiger partial charge is 0.407 e. The van der Waals surface area contributed by atoms with Gasteiger partial charge >= 0.3 is 12.1 Å². The van der Waals surface area contributed by atoms with E-state index in [4.69, 9.17) is 15.4 Å². The zero-order valence-electron chi connectivity index (χ0n) is 10.7. The minimum Gasteiger partial charge on any atom is -0.481 e. The number of carbonyl (C=O) groups excluding carboxylic acids is 1. The lowest BCUT2D eigenvalue weighted by Gasteiger charge is -2.22. The summed E-state index contributed by atoms with van der Waals surface area (Å²) < 4.78 is 5.02. The number of amides is 1. The van der Waals surface area contributed by atoms with Crippen molar-refractivity contribution in [3.63, 3.8) is 0 Å². The van der Waals surface area contributed by atoms with E-state index >= 15 is 0 Å². The van der Waals surface area contributed by atoms with Gasteiger partial charge in [-0.15, -0.1) is 0 Å². The van der Waals surface area contributed by atoms with Crippen LogP contribution in [0.15, 0.2) is 5.11 Å². The number of hydrogen-bond acceptors (Lipinski definition) is 4. The van der Waals surface area contributed by atoms with E-state index in [1.54, 1.807) is 20.8 Å². The third kappa shape index (κ3) is 9.29. The fourth-order valence-electron chi connectivity index (χ4n) is 1.12. The molecule has 0 saturated carbocycles. The lowest BCUT2D eigenvalue weighted by atomic mass is 10.1. The Morgan fingerprint density at radius 1 is 1.50 bits per heavy atom. The molecule has 0 aliphatic carbocycles. The molecule has 0 aliphatic rings. The molecular formula is C10H18N4O4. The summed E-state index contributed by atoms with van der Waals surface area (Å²) in [6, 6.07) is -0.549. The van der Waals surface area contributed by atoms with Gasteiger partial charge in [0.15, 0.2) is 0 Å². The summed E-state index contributed by atoms with van der Waals surface area (Å²) in [4.78, 5) is 24.5. The number of nitrogens with one attached hydrogen (secondary N) is 1. The second-order valence-corrected chi connectivity index (χ2v) is 4.69. The summed E-state index contributed by atoms with van der Waals surface area (Å²) in [5.41, 5.74) is 7.57. The van der Waals surface area contributed by atoms with Crippen LogP contribution in [0.3, 0.4) is 0 Å². The second kappa shape index (κ2) is 7.39. The summed E-state index contributed by atoms with van der Waals surface area (Å²) in [7, 11) is 0. The average Bonchev–Trinajstić information content (AvgIpc) is 2.19. The number of ether oxygens (including phenoxy) is 1. The third-order valence-corrected chi connectivity index (χ3v) is 1.79. The average molecular weight is 258 g/mol. The van der Waals surface area contributed by atoms with E-state index in [2.05, 4.69) is 15.3 Å². The molecule has 8 heteroatoms. The molecule has 0 saturated heterocycles. The monoisotopic (exact) mass is 258 g/mol. The van der Waals surface area contributed by atoms with Crippen LogP contribution in [0.5, 0.6) is 0 Å². The van der Waals surface area contributed by atoms with Crippen molar-refractivity contribution in [1.82, 2.24) is 5.32 Å². The summed E-state index contributed by atoms with van der Waals surface area (Å²) in [6.45, 7) is 5.13. The molecule has 18 heavy (non-hydrogen) atoms. The van der Waals surface area contributed by atoms with Crippen LogP contribution in [0, 0.1) is 0 Å². The Balaban J connectivity index is 4.33. The molecule has 8 nitrogen and oxygen atoms in total. The molecule has 1 amide bonds. The molecule has 102 valence electrons. The van der Waals surface area contributed by atoms with Crippen molar-refractivity contribution < 1.29 is 19.4 Å². The number of aliphatic carboxylic acids is 1. The van der Waals surface area contributed by atoms with Gasteiger partial charge in [-0.25, -0.2) is 4.79 Å². The quantitative estimate of drug-likeness (QED) is 0.429. The van der Waals surface area contributed by atoms with Crippen LogP contribution in [-0.4, -0.2) is 35.4 Å². The summed E-state index contributed by atoms with van der Waals surface area (Å²) in [5, 5.41) is 14.4. The number of carboxylic acids is 1. The summed E-state index contributed by atoms with van der Waals surface area (Å²) in [6.07, 6.45) is -0.610. The minimum absolute atomic E-state index is 0.0109. The first-order valence-corrected chi connectivity index (χ1v) is 5.47. The molecule has 0 fully saturated rings. The number of nitrogens with zero attached hydrogens (tertiary/aromatic N) is 3. The van der Waals surface area contributed by atoms with Crippen molar-refractivity contribution >= 4 is 12.1 Å². The Bertz CT molecular complexity index is 344. The summed E-state index contributed by atoms with van der Waals surface area (Å²) >= 11 is 0. The fourth-order valence-corrected chi connectivity index (χ4v) is 1.12. The van der Waals surface area contributed by atoms with E-state index < -0.39 is 23.7 Å². The molecular weight excluding hydrogens is 240 g/mol. The Morgan fingerprint density at radius 2 is 2.11 bits per heavy atom. The summed E-state index contributed by atoms with van der Waals surface area (Å²) in [5.74, 6) is -0.980. The predicted octanol–water partition coefficient (Wildman–Crippen LogP) is 2.05. The van der Waals surface area contributed by atoms with Crippen LogP contribution < -0.4 is 5.32 Å². The first-order valence-electron chi connectivity index (χ1n) is 5.47. The second-order valence-electron chi connectivity index (χ2n) is 4.69. The van der Waals surface area contributed by atoms with Crippen LogP contribution in [0.4, 0.5) is 4.79 Å². The zero-order valence-corrected chi connectivity index (χ0v) is 10.7. The fraction of sp³-hybridized carbons (Fsp3) is 0.800. The van der Waals surface area contributed by atoms with Gasteiger partial charge in [-0.1, -0.05) is 5.11 Å². The zero-order chi connectivity index (χ0) is 14.2. The molecule has 0 rings (SSSR count). The number of rotatable bonds is 6. The maximum absolute atomic E-state index is 11.5. The standard InChI is InChI=1S/C10H18N4O4/c1-10(2,3)18-9(17)13-7(6-12-14-11)4-5-8(15)16/h7H,4-6H2,1-3H3,(H,13,17)(H,15,16). The number of carboxylic acid groups (broad SMARTS) is 1. The normalized spacial score (nSPS) is 12.2. The van der Waals surface area contributed by atoms with Crippen molar-refractivity contribution in [2.24, 2.45) is 5.11 Å². The molecule has 1 unspecified atom stereocenters. The molecule has 0 aromatic rings. The molecule has 2 N–H and O–H groups in total. The molecule has 0 radical (unpaired) electrons. The molecule has 0 heterocycles. The number of azide groups is 1. The highest BCUT2D eigenvalue weighted by Gasteiger charge is 2.19. The number of alkyl carbamates (subject to hydrolysis) is 1. The SMILES string of the molecule is CC(C)(C)OC(=O)NC(CCC(=O)O)CN=[N+]=[N-]. The van der Waals surface area contributed by atoms with E-state index in [1.807, 2.05) is 0 Å². The predicted molar refractivity (Wildman–Crippen MR) is 64.0 cm³/mol. The third-order valence-electron chi connectivity index (χ3n) is 1.79. The largest absolute Gasteiger partial charge is 0.481 e. The van der Waals surface area contributed by atoms with Gasteiger partial charge in [-0.05, 0) is 32.7 Å². The van der Waals surface area contributed by atoms with Gasteiger partial charge in [-0.3, -0.25) is 4.79 Å². The first-order chi connectivity index (χ1) is 8.24. The van der Waals surface area contributed by atoms with Crippen molar-refractivity contribution in [3.8, 4) is 0 Å². The highest BCUT2D eigenvalue weighted by molar-refractivity contribution is 5.69. The van der Waals surface area contributed by atoms with Crippen molar-refractivity contribution in [1.29, 1.82) is 0 Å². The van der Waals surface area contributed by atoms with Gasteiger partial charge in [0.25, 0.3) is 0 Å². The first kappa shape index (κ1) is 16.1. The van der Waals surface area contributed by atoms with E-state index in [0.717, 1.165) is 0 Å². The Kier molecular flexibility index (Phi) is 6.59. The van der Waals surface area contributed by atoms with Gasteiger partial charge < -0.3 is 15.2 Å². The highest BCUT2D eigenvalue weighted by Crippen LogP contribution is 2.08. The van der Waals surface area contributed by atoms with E-state index in [-0.39, 0.29) is 19.4 Å². The molecule has 0 bridgehead atoms. The maximum atomic E-state index is 11.5. The van der Waals surface area contributed by atoms with Crippen LogP contribution in [0.25, 0.3) is 10.4 Å². The molecule has 0 spiro atoms. The molecule has 1 atom stereocenters. The molecule has 0 aliphatic heterocycles. The Labute approximate surface area is 105 Å². The highest BCUT2D eigenvalue weighted by atomic mass is 16.6. The van der Waals surface area contributed by atoms with Crippen LogP contribution >= 0.6 is 0 Å². The van der Waals surface area contributed by atoms with Crippen LogP contribution in [-0.2, 0) is 9.53 Å². The Morgan fingerprint density at radius 3 is 2.56 bits per heavy atom. The van der Waals surface area contributed by atoms with Crippen molar-refractivity contribution in [3.05, 3.63) is 10.4 Å². The van der Waals surface area contributed by atoms with E-state index in [1.165, 1.54) is 0 Å². The van der Waals surface area contributed by atoms with Gasteiger partial charge in [-0.2, -0.15) is 0 Å². The van der Waals surface area contributed by atoms with Crippen LogP contribution in [0.1, 0.15) is 33.6 Å². The van der Waals surface area contributed by atoms with Crippen molar-refractivity contribution in [2.75, 3.05) is 6.54 Å². The minimum atomic E-state index is -0.980. The topological polar surface area (TPSA) is 124 Å².